The van der Waals surface area contributed by atoms with Gasteiger partial charge in [-0.1, -0.05) is 17.7 Å². The van der Waals surface area contributed by atoms with Crippen LogP contribution in [-0.2, 0) is 21.2 Å². The summed E-state index contributed by atoms with van der Waals surface area (Å²) < 4.78 is 27.9. The minimum absolute atomic E-state index is 0.215. The lowest BCUT2D eigenvalue weighted by Gasteiger charge is -2.21. The van der Waals surface area contributed by atoms with Crippen molar-refractivity contribution in [1.29, 1.82) is 0 Å². The zero-order valence-corrected chi connectivity index (χ0v) is 19.2. The lowest BCUT2D eigenvalue weighted by molar-refractivity contribution is -0.118. The number of nitrogens with one attached hydrogen (secondary N) is 1. The van der Waals surface area contributed by atoms with Gasteiger partial charge in [0.1, 0.15) is 6.04 Å². The molecule has 1 unspecified atom stereocenters. The maximum absolute atomic E-state index is 12.9. The smallest absolute Gasteiger partial charge is 0.245 e. The Labute approximate surface area is 186 Å². The standard InChI is InChI=1S/C21H24ClN3O3S2/c1-24(2)19-7-3-14-13-15(4-6-17(14)19)25-11-9-18(21(25)26)23-30(27,28)12-10-16-5-8-20(22)29-16/h4-6,8,10,12-13,18-19,23H,3,7,9,11H2,1-2H3/b12-10+/t18-,19?/m0/s1. The largest absolute Gasteiger partial charge is 0.311 e. The molecule has 2 atom stereocenters. The predicted molar refractivity (Wildman–Crippen MR) is 122 cm³/mol. The second-order valence-corrected chi connectivity index (χ2v) is 11.2. The van der Waals surface area contributed by atoms with Gasteiger partial charge in [0.2, 0.25) is 15.9 Å². The minimum atomic E-state index is -3.74. The van der Waals surface area contributed by atoms with Gasteiger partial charge in [-0.05, 0) is 74.8 Å². The fourth-order valence-electron chi connectivity index (χ4n) is 4.14. The third-order valence-electron chi connectivity index (χ3n) is 5.63. The maximum atomic E-state index is 12.9. The summed E-state index contributed by atoms with van der Waals surface area (Å²) in [7, 11) is 0.420. The summed E-state index contributed by atoms with van der Waals surface area (Å²) >= 11 is 7.16. The van der Waals surface area contributed by atoms with Crippen molar-refractivity contribution in [1.82, 2.24) is 9.62 Å². The number of aryl methyl sites for hydroxylation is 1. The second-order valence-electron chi connectivity index (χ2n) is 7.84. The van der Waals surface area contributed by atoms with Gasteiger partial charge in [0.05, 0.1) is 4.34 Å². The number of fused-ring (bicyclic) bond motifs is 1. The van der Waals surface area contributed by atoms with Crippen LogP contribution in [0.15, 0.2) is 35.7 Å². The third-order valence-corrected chi connectivity index (χ3v) is 7.93. The van der Waals surface area contributed by atoms with Crippen LogP contribution in [0.4, 0.5) is 5.69 Å². The average Bonchev–Trinajstić information content (AvgIpc) is 3.39. The molecule has 6 nitrogen and oxygen atoms in total. The summed E-state index contributed by atoms with van der Waals surface area (Å²) in [5.74, 6) is -0.215. The molecular weight excluding hydrogens is 442 g/mol. The van der Waals surface area contributed by atoms with Gasteiger partial charge in [0.15, 0.2) is 0 Å². The number of hydrogen-bond donors (Lipinski definition) is 1. The van der Waals surface area contributed by atoms with Gasteiger partial charge in [-0.25, -0.2) is 8.42 Å². The first-order chi connectivity index (χ1) is 14.2. The van der Waals surface area contributed by atoms with E-state index in [4.69, 9.17) is 11.6 Å². The van der Waals surface area contributed by atoms with E-state index in [2.05, 4.69) is 35.9 Å². The molecule has 160 valence electrons. The molecule has 1 aromatic heterocycles. The number of rotatable bonds is 6. The summed E-state index contributed by atoms with van der Waals surface area (Å²) in [6.07, 6.45) is 3.98. The number of carbonyl (C=O) groups excluding carboxylic acids is 1. The third kappa shape index (κ3) is 4.48. The number of nitrogens with zero attached hydrogens (tertiary/aromatic N) is 2. The van der Waals surface area contributed by atoms with Gasteiger partial charge in [-0.15, -0.1) is 11.3 Å². The van der Waals surface area contributed by atoms with Crippen LogP contribution in [0.1, 0.15) is 34.9 Å². The van der Waals surface area contributed by atoms with Crippen LogP contribution < -0.4 is 9.62 Å². The van der Waals surface area contributed by atoms with Gasteiger partial charge >= 0.3 is 0 Å². The number of benzene rings is 1. The summed E-state index contributed by atoms with van der Waals surface area (Å²) in [5, 5.41) is 1.09. The van der Waals surface area contributed by atoms with Crippen LogP contribution in [0.3, 0.4) is 0 Å². The molecule has 1 aromatic carbocycles. The Kier molecular flexibility index (Phi) is 6.05. The van der Waals surface area contributed by atoms with Gasteiger partial charge in [-0.2, -0.15) is 4.72 Å². The van der Waals surface area contributed by atoms with Crippen LogP contribution in [0.25, 0.3) is 6.08 Å². The first-order valence-corrected chi connectivity index (χ1v) is 12.5. The Morgan fingerprint density at radius 3 is 2.73 bits per heavy atom. The van der Waals surface area contributed by atoms with Crippen LogP contribution in [0.2, 0.25) is 4.34 Å². The molecule has 0 spiro atoms. The highest BCUT2D eigenvalue weighted by Crippen LogP contribution is 2.37. The van der Waals surface area contributed by atoms with Crippen molar-refractivity contribution in [3.05, 3.63) is 56.1 Å². The van der Waals surface area contributed by atoms with E-state index in [1.165, 1.54) is 28.5 Å². The zero-order chi connectivity index (χ0) is 21.5. The highest BCUT2D eigenvalue weighted by Gasteiger charge is 2.35. The fraction of sp³-hybridized carbons (Fsp3) is 0.381. The fourth-order valence-corrected chi connectivity index (χ4v) is 6.21. The van der Waals surface area contributed by atoms with Crippen molar-refractivity contribution in [2.75, 3.05) is 25.5 Å². The first-order valence-electron chi connectivity index (χ1n) is 9.80. The number of hydrogen-bond acceptors (Lipinski definition) is 5. The normalized spacial score (nSPS) is 21.9. The van der Waals surface area contributed by atoms with E-state index < -0.39 is 16.1 Å². The molecule has 1 amide bonds. The highest BCUT2D eigenvalue weighted by atomic mass is 35.5. The molecule has 1 aliphatic carbocycles. The number of carbonyl (C=O) groups is 1. The quantitative estimate of drug-likeness (QED) is 0.707. The molecule has 1 fully saturated rings. The summed E-state index contributed by atoms with van der Waals surface area (Å²) in [4.78, 5) is 17.5. The summed E-state index contributed by atoms with van der Waals surface area (Å²) in [6, 6.07) is 9.26. The molecule has 2 aromatic rings. The van der Waals surface area contributed by atoms with Crippen molar-refractivity contribution in [3.63, 3.8) is 0 Å². The second kappa shape index (κ2) is 8.43. The van der Waals surface area contributed by atoms with E-state index in [1.54, 1.807) is 17.0 Å². The van der Waals surface area contributed by atoms with E-state index >= 15 is 0 Å². The number of anilines is 1. The molecule has 0 bridgehead atoms. The molecule has 4 rings (SSSR count). The molecule has 2 aliphatic rings. The minimum Gasteiger partial charge on any atom is -0.311 e. The van der Waals surface area contributed by atoms with Crippen molar-refractivity contribution in [2.45, 2.75) is 31.3 Å². The topological polar surface area (TPSA) is 69.7 Å². The highest BCUT2D eigenvalue weighted by molar-refractivity contribution is 7.92. The molecule has 9 heteroatoms. The Morgan fingerprint density at radius 1 is 1.23 bits per heavy atom. The zero-order valence-electron chi connectivity index (χ0n) is 16.8. The molecule has 30 heavy (non-hydrogen) atoms. The van der Waals surface area contributed by atoms with Gasteiger partial charge < -0.3 is 9.80 Å². The SMILES string of the molecule is CN(C)C1CCc2cc(N3CC[C@H](NS(=O)(=O)/C=C/c4ccc(Cl)s4)C3=O)ccc21. The average molecular weight is 466 g/mol. The molecular formula is C21H24ClN3O3S2. The van der Waals surface area contributed by atoms with E-state index in [-0.39, 0.29) is 5.91 Å². The predicted octanol–water partition coefficient (Wildman–Crippen LogP) is 3.65. The van der Waals surface area contributed by atoms with E-state index in [1.807, 2.05) is 6.07 Å². The Hall–Kier alpha value is -1.71. The van der Waals surface area contributed by atoms with Crippen molar-refractivity contribution >= 4 is 50.6 Å². The lowest BCUT2D eigenvalue weighted by Crippen LogP contribution is -2.40. The van der Waals surface area contributed by atoms with Crippen LogP contribution in [0, 0.1) is 0 Å². The van der Waals surface area contributed by atoms with Crippen LogP contribution in [-0.4, -0.2) is 45.9 Å². The molecule has 1 N–H and O–H groups in total. The first kappa shape index (κ1) is 21.5. The van der Waals surface area contributed by atoms with E-state index in [0.717, 1.165) is 28.8 Å². The Balaban J connectivity index is 1.45. The molecule has 2 heterocycles. The number of sulfonamides is 1. The van der Waals surface area contributed by atoms with Crippen LogP contribution in [0.5, 0.6) is 0 Å². The molecule has 1 saturated heterocycles. The lowest BCUT2D eigenvalue weighted by atomic mass is 10.1. The molecule has 0 saturated carbocycles. The van der Waals surface area contributed by atoms with Gasteiger partial charge in [-0.3, -0.25) is 4.79 Å². The number of halogens is 1. The van der Waals surface area contributed by atoms with Crippen molar-refractivity contribution in [2.24, 2.45) is 0 Å². The Morgan fingerprint density at radius 2 is 2.03 bits per heavy atom. The van der Waals surface area contributed by atoms with E-state index in [9.17, 15) is 13.2 Å². The number of amides is 1. The van der Waals surface area contributed by atoms with Crippen LogP contribution >= 0.6 is 22.9 Å². The van der Waals surface area contributed by atoms with Gasteiger partial charge in [0, 0.05) is 28.6 Å². The van der Waals surface area contributed by atoms with Crippen molar-refractivity contribution < 1.29 is 13.2 Å². The van der Waals surface area contributed by atoms with Crippen molar-refractivity contribution in [3.8, 4) is 0 Å². The van der Waals surface area contributed by atoms with E-state index in [0.29, 0.717) is 23.3 Å². The molecule has 1 aliphatic heterocycles. The monoisotopic (exact) mass is 465 g/mol. The maximum Gasteiger partial charge on any atom is 0.245 e. The number of thiophene rings is 1. The summed E-state index contributed by atoms with van der Waals surface area (Å²) in [5.41, 5.74) is 3.41. The molecule has 0 radical (unpaired) electrons. The Bertz CT molecular complexity index is 1090. The van der Waals surface area contributed by atoms with Gasteiger partial charge in [0.25, 0.3) is 0 Å². The summed E-state index contributed by atoms with van der Waals surface area (Å²) in [6.45, 7) is 0.492.